The Kier molecular flexibility index (Phi) is 5.51. The van der Waals surface area contributed by atoms with E-state index in [0.29, 0.717) is 22.8 Å². The molecule has 0 aliphatic rings. The van der Waals surface area contributed by atoms with Gasteiger partial charge >= 0.3 is 0 Å². The van der Waals surface area contributed by atoms with Gasteiger partial charge in [0.1, 0.15) is 5.82 Å². The van der Waals surface area contributed by atoms with E-state index in [2.05, 4.69) is 15.3 Å². The van der Waals surface area contributed by atoms with Crippen molar-refractivity contribution >= 4 is 28.8 Å². The van der Waals surface area contributed by atoms with Gasteiger partial charge in [0, 0.05) is 5.69 Å². The fourth-order valence-electron chi connectivity index (χ4n) is 1.28. The van der Waals surface area contributed by atoms with E-state index in [1.165, 1.54) is 12.3 Å². The quantitative estimate of drug-likeness (QED) is 0.819. The maximum Gasteiger partial charge on any atom is 0.224 e. The number of nitrogens with two attached hydrogens (primary N) is 1. The van der Waals surface area contributed by atoms with Crippen LogP contribution in [-0.4, -0.2) is 9.97 Å². The number of anilines is 3. The number of rotatable bonds is 2. The van der Waals surface area contributed by atoms with Gasteiger partial charge in [-0.05, 0) is 36.2 Å². The van der Waals surface area contributed by atoms with Crippen LogP contribution in [0.1, 0.15) is 19.4 Å². The van der Waals surface area contributed by atoms with Crippen LogP contribution in [0.4, 0.5) is 21.6 Å². The number of hydrogen-bond donors (Lipinski definition) is 2. The minimum atomic E-state index is -0.297. The van der Waals surface area contributed by atoms with Gasteiger partial charge in [0.2, 0.25) is 5.28 Å². The number of nitrogens with one attached hydrogen (secondary N) is 1. The molecule has 102 valence electrons. The molecule has 2 rings (SSSR count). The zero-order chi connectivity index (χ0) is 14.4. The van der Waals surface area contributed by atoms with Crippen molar-refractivity contribution in [2.45, 2.75) is 20.8 Å². The van der Waals surface area contributed by atoms with Crippen molar-refractivity contribution in [3.8, 4) is 0 Å². The number of nitrogen functional groups attached to an aromatic ring is 1. The molecule has 1 aromatic carbocycles. The first-order chi connectivity index (χ1) is 9.06. The van der Waals surface area contributed by atoms with Crippen molar-refractivity contribution in [1.29, 1.82) is 0 Å². The molecule has 4 nitrogen and oxygen atoms in total. The predicted molar refractivity (Wildman–Crippen MR) is 77.2 cm³/mol. The molecule has 6 heteroatoms. The Morgan fingerprint density at radius 2 is 2.00 bits per heavy atom. The standard InChI is InChI=1S/C11H10ClFN4.C2H6/c1-6-2-3-7(4-8(6)13)16-10-9(14)5-15-11(12)17-10;1-2/h2-5H,14H2,1H3,(H,15,16,17);1-2H3. The molecule has 0 atom stereocenters. The fraction of sp³-hybridized carbons (Fsp3) is 0.231. The third-order valence-corrected chi connectivity index (χ3v) is 2.40. The highest BCUT2D eigenvalue weighted by atomic mass is 35.5. The van der Waals surface area contributed by atoms with Crippen LogP contribution in [-0.2, 0) is 0 Å². The topological polar surface area (TPSA) is 63.8 Å². The molecule has 0 radical (unpaired) electrons. The van der Waals surface area contributed by atoms with E-state index in [0.717, 1.165) is 0 Å². The molecule has 0 bridgehead atoms. The first kappa shape index (κ1) is 15.2. The van der Waals surface area contributed by atoms with Crippen molar-refractivity contribution in [3.05, 3.63) is 41.1 Å². The first-order valence-corrected chi connectivity index (χ1v) is 6.25. The molecule has 1 aromatic heterocycles. The summed E-state index contributed by atoms with van der Waals surface area (Å²) in [6.45, 7) is 5.69. The number of hydrogen-bond acceptors (Lipinski definition) is 4. The Bertz CT molecular complexity index is 560. The zero-order valence-electron chi connectivity index (χ0n) is 11.0. The van der Waals surface area contributed by atoms with E-state index in [-0.39, 0.29) is 11.1 Å². The lowest BCUT2D eigenvalue weighted by Crippen LogP contribution is -2.01. The molecule has 2 aromatic rings. The second kappa shape index (κ2) is 6.89. The molecule has 0 saturated carbocycles. The number of nitrogens with zero attached hydrogens (tertiary/aromatic N) is 2. The molecule has 19 heavy (non-hydrogen) atoms. The molecular weight excluding hydrogens is 267 g/mol. The zero-order valence-corrected chi connectivity index (χ0v) is 11.8. The van der Waals surface area contributed by atoms with Crippen molar-refractivity contribution in [3.63, 3.8) is 0 Å². The van der Waals surface area contributed by atoms with Gasteiger partial charge in [-0.3, -0.25) is 0 Å². The second-order valence-electron chi connectivity index (χ2n) is 3.53. The third-order valence-electron chi connectivity index (χ3n) is 2.22. The highest BCUT2D eigenvalue weighted by molar-refractivity contribution is 6.28. The SMILES string of the molecule is CC.Cc1ccc(Nc2nc(Cl)ncc2N)cc1F. The van der Waals surface area contributed by atoms with E-state index in [9.17, 15) is 4.39 Å². The monoisotopic (exact) mass is 282 g/mol. The van der Waals surface area contributed by atoms with Gasteiger partial charge in [-0.25, -0.2) is 9.37 Å². The maximum absolute atomic E-state index is 13.3. The lowest BCUT2D eigenvalue weighted by molar-refractivity contribution is 0.619. The highest BCUT2D eigenvalue weighted by Crippen LogP contribution is 2.22. The van der Waals surface area contributed by atoms with Crippen LogP contribution < -0.4 is 11.1 Å². The summed E-state index contributed by atoms with van der Waals surface area (Å²) in [5.41, 5.74) is 7.13. The van der Waals surface area contributed by atoms with Gasteiger partial charge in [0.05, 0.1) is 11.9 Å². The van der Waals surface area contributed by atoms with Crippen LogP contribution in [0.25, 0.3) is 0 Å². The molecule has 0 amide bonds. The van der Waals surface area contributed by atoms with Crippen LogP contribution in [0.3, 0.4) is 0 Å². The minimum absolute atomic E-state index is 0.0780. The average molecular weight is 283 g/mol. The first-order valence-electron chi connectivity index (χ1n) is 5.87. The Morgan fingerprint density at radius 3 is 2.63 bits per heavy atom. The van der Waals surface area contributed by atoms with Crippen LogP contribution >= 0.6 is 11.6 Å². The number of aromatic nitrogens is 2. The van der Waals surface area contributed by atoms with E-state index >= 15 is 0 Å². The van der Waals surface area contributed by atoms with E-state index in [1.807, 2.05) is 13.8 Å². The summed E-state index contributed by atoms with van der Waals surface area (Å²) in [6, 6.07) is 4.76. The molecule has 3 N–H and O–H groups in total. The van der Waals surface area contributed by atoms with Gasteiger partial charge < -0.3 is 11.1 Å². The van der Waals surface area contributed by atoms with Crippen molar-refractivity contribution in [2.75, 3.05) is 11.1 Å². The van der Waals surface area contributed by atoms with Crippen molar-refractivity contribution in [2.24, 2.45) is 0 Å². The molecule has 0 saturated heterocycles. The van der Waals surface area contributed by atoms with Gasteiger partial charge in [-0.15, -0.1) is 0 Å². The average Bonchev–Trinajstić information content (AvgIpc) is 2.41. The Labute approximate surface area is 116 Å². The number of benzene rings is 1. The Balaban J connectivity index is 0.000000861. The normalized spacial score (nSPS) is 9.53. The molecule has 0 fully saturated rings. The molecule has 0 unspecified atom stereocenters. The second-order valence-corrected chi connectivity index (χ2v) is 3.87. The maximum atomic E-state index is 13.3. The third kappa shape index (κ3) is 4.06. The van der Waals surface area contributed by atoms with Crippen LogP contribution in [0, 0.1) is 12.7 Å². The molecule has 0 aliphatic heterocycles. The minimum Gasteiger partial charge on any atom is -0.394 e. The largest absolute Gasteiger partial charge is 0.394 e. The molecular formula is C13H16ClFN4. The predicted octanol–water partition coefficient (Wildman–Crippen LogP) is 3.93. The number of halogens is 2. The van der Waals surface area contributed by atoms with Crippen molar-refractivity contribution < 1.29 is 4.39 Å². The van der Waals surface area contributed by atoms with E-state index in [1.54, 1.807) is 19.1 Å². The van der Waals surface area contributed by atoms with Gasteiger partial charge in [-0.2, -0.15) is 4.98 Å². The summed E-state index contributed by atoms with van der Waals surface area (Å²) in [5, 5.41) is 2.96. The Morgan fingerprint density at radius 1 is 1.32 bits per heavy atom. The number of aryl methyl sites for hydroxylation is 1. The lowest BCUT2D eigenvalue weighted by atomic mass is 10.2. The summed E-state index contributed by atoms with van der Waals surface area (Å²) in [7, 11) is 0. The van der Waals surface area contributed by atoms with Crippen LogP contribution in [0.15, 0.2) is 24.4 Å². The van der Waals surface area contributed by atoms with Crippen LogP contribution in [0.2, 0.25) is 5.28 Å². The molecule has 0 aliphatic carbocycles. The summed E-state index contributed by atoms with van der Waals surface area (Å²) in [5.74, 6) is 0.0574. The van der Waals surface area contributed by atoms with Gasteiger partial charge in [0.25, 0.3) is 0 Å². The van der Waals surface area contributed by atoms with Crippen LogP contribution in [0.5, 0.6) is 0 Å². The van der Waals surface area contributed by atoms with E-state index < -0.39 is 0 Å². The van der Waals surface area contributed by atoms with Gasteiger partial charge in [-0.1, -0.05) is 19.9 Å². The lowest BCUT2D eigenvalue weighted by Gasteiger charge is -2.08. The molecule has 0 spiro atoms. The Hall–Kier alpha value is -1.88. The molecule has 1 heterocycles. The summed E-state index contributed by atoms with van der Waals surface area (Å²) >= 11 is 5.65. The smallest absolute Gasteiger partial charge is 0.224 e. The van der Waals surface area contributed by atoms with Crippen molar-refractivity contribution in [1.82, 2.24) is 9.97 Å². The summed E-state index contributed by atoms with van der Waals surface area (Å²) in [4.78, 5) is 7.64. The highest BCUT2D eigenvalue weighted by Gasteiger charge is 2.05. The van der Waals surface area contributed by atoms with E-state index in [4.69, 9.17) is 17.3 Å². The van der Waals surface area contributed by atoms with Gasteiger partial charge in [0.15, 0.2) is 5.82 Å². The summed E-state index contributed by atoms with van der Waals surface area (Å²) < 4.78 is 13.3. The fourth-order valence-corrected chi connectivity index (χ4v) is 1.41. The summed E-state index contributed by atoms with van der Waals surface area (Å²) in [6.07, 6.45) is 1.39.